The number of halogens is 1. The second-order valence-electron chi connectivity index (χ2n) is 4.95. The van der Waals surface area contributed by atoms with Crippen molar-refractivity contribution in [1.29, 1.82) is 0 Å². The normalized spacial score (nSPS) is 10.3. The molecule has 0 bridgehead atoms. The van der Waals surface area contributed by atoms with Crippen molar-refractivity contribution < 1.29 is 9.59 Å². The van der Waals surface area contributed by atoms with E-state index in [1.165, 1.54) is 0 Å². The second-order valence-corrected chi connectivity index (χ2v) is 5.80. The molecule has 3 rings (SSSR count). The molecular weight excluding hydrogens is 356 g/mol. The number of rotatable bonds is 2. The highest BCUT2D eigenvalue weighted by Gasteiger charge is 2.11. The number of amides is 3. The Morgan fingerprint density at radius 2 is 1.52 bits per heavy atom. The minimum absolute atomic E-state index is 0.436. The van der Waals surface area contributed by atoms with E-state index in [-0.39, 0.29) is 0 Å². The maximum Gasteiger partial charge on any atom is 0.326 e. The van der Waals surface area contributed by atoms with Crippen LogP contribution in [0, 0.1) is 0 Å². The number of hydrogen-bond acceptors (Lipinski definition) is 2. The average Bonchev–Trinajstić information content (AvgIpc) is 2.56. The maximum absolute atomic E-state index is 12.2. The Morgan fingerprint density at radius 3 is 2.30 bits per heavy atom. The van der Waals surface area contributed by atoms with Crippen molar-refractivity contribution in [3.63, 3.8) is 0 Å². The van der Waals surface area contributed by atoms with E-state index in [1.54, 1.807) is 30.3 Å². The van der Waals surface area contributed by atoms with Crippen molar-refractivity contribution in [2.45, 2.75) is 0 Å². The molecule has 0 atom stereocenters. The minimum atomic E-state index is -0.574. The standard InChI is InChI=1S/C18H13BrN2O2/c19-15-7-3-4-8-16(15)20-18(23)21-17(22)14-10-9-12-5-1-2-6-13(12)11-14/h1-11H,(H2,20,21,22,23). The van der Waals surface area contributed by atoms with E-state index < -0.39 is 11.9 Å². The van der Waals surface area contributed by atoms with E-state index in [0.717, 1.165) is 15.2 Å². The van der Waals surface area contributed by atoms with Crippen LogP contribution < -0.4 is 10.6 Å². The van der Waals surface area contributed by atoms with Crippen LogP contribution in [0.15, 0.2) is 71.2 Å². The van der Waals surface area contributed by atoms with E-state index in [0.29, 0.717) is 11.3 Å². The van der Waals surface area contributed by atoms with Gasteiger partial charge in [0.05, 0.1) is 5.69 Å². The molecule has 5 heteroatoms. The summed E-state index contributed by atoms with van der Waals surface area (Å²) in [6, 6.07) is 19.7. The lowest BCUT2D eigenvalue weighted by atomic mass is 10.1. The summed E-state index contributed by atoms with van der Waals surface area (Å²) in [6.45, 7) is 0. The zero-order chi connectivity index (χ0) is 16.2. The second kappa shape index (κ2) is 6.62. The Kier molecular flexibility index (Phi) is 4.39. The fraction of sp³-hybridized carbons (Fsp3) is 0. The van der Waals surface area contributed by atoms with Crippen molar-refractivity contribution >= 4 is 44.3 Å². The number of carbonyl (C=O) groups is 2. The highest BCUT2D eigenvalue weighted by Crippen LogP contribution is 2.21. The minimum Gasteiger partial charge on any atom is -0.307 e. The Hall–Kier alpha value is -2.66. The lowest BCUT2D eigenvalue weighted by Crippen LogP contribution is -2.34. The van der Waals surface area contributed by atoms with Crippen LogP contribution in [0.2, 0.25) is 0 Å². The molecule has 2 N–H and O–H groups in total. The van der Waals surface area contributed by atoms with Gasteiger partial charge < -0.3 is 5.32 Å². The third kappa shape index (κ3) is 3.57. The molecule has 3 aromatic rings. The van der Waals surface area contributed by atoms with Crippen molar-refractivity contribution in [1.82, 2.24) is 5.32 Å². The van der Waals surface area contributed by atoms with Gasteiger partial charge >= 0.3 is 6.03 Å². The van der Waals surface area contributed by atoms with Gasteiger partial charge in [-0.15, -0.1) is 0 Å². The van der Waals surface area contributed by atoms with Crippen molar-refractivity contribution in [2.24, 2.45) is 0 Å². The summed E-state index contributed by atoms with van der Waals surface area (Å²) in [5.41, 5.74) is 1.03. The molecule has 0 aliphatic rings. The number of hydrogen-bond donors (Lipinski definition) is 2. The van der Waals surface area contributed by atoms with Crippen LogP contribution in [0.1, 0.15) is 10.4 Å². The van der Waals surface area contributed by atoms with Crippen LogP contribution in [0.4, 0.5) is 10.5 Å². The SMILES string of the molecule is O=C(NC(=O)c1ccc2ccccc2c1)Nc1ccccc1Br. The summed E-state index contributed by atoms with van der Waals surface area (Å²) in [5.74, 6) is -0.444. The molecule has 0 saturated heterocycles. The zero-order valence-electron chi connectivity index (χ0n) is 12.0. The number of imide groups is 1. The van der Waals surface area contributed by atoms with Gasteiger partial charge in [-0.1, -0.05) is 42.5 Å². The van der Waals surface area contributed by atoms with Gasteiger partial charge in [0.1, 0.15) is 0 Å². The topological polar surface area (TPSA) is 58.2 Å². The first-order valence-electron chi connectivity index (χ1n) is 6.99. The molecule has 0 heterocycles. The van der Waals surface area contributed by atoms with E-state index in [2.05, 4.69) is 26.6 Å². The lowest BCUT2D eigenvalue weighted by Gasteiger charge is -2.08. The summed E-state index contributed by atoms with van der Waals surface area (Å²) in [5, 5.41) is 6.95. The number of urea groups is 1. The third-order valence-electron chi connectivity index (χ3n) is 3.36. The first-order valence-corrected chi connectivity index (χ1v) is 7.78. The molecule has 0 aromatic heterocycles. The molecule has 114 valence electrons. The lowest BCUT2D eigenvalue weighted by molar-refractivity contribution is 0.0967. The molecule has 0 aliphatic carbocycles. The average molecular weight is 369 g/mol. The van der Waals surface area contributed by atoms with Crippen molar-refractivity contribution in [3.8, 4) is 0 Å². The van der Waals surface area contributed by atoms with Crippen molar-refractivity contribution in [2.75, 3.05) is 5.32 Å². The predicted molar refractivity (Wildman–Crippen MR) is 94.6 cm³/mol. The number of nitrogens with one attached hydrogen (secondary N) is 2. The third-order valence-corrected chi connectivity index (χ3v) is 4.05. The number of fused-ring (bicyclic) bond motifs is 1. The van der Waals surface area contributed by atoms with Crippen LogP contribution in [-0.4, -0.2) is 11.9 Å². The van der Waals surface area contributed by atoms with Crippen LogP contribution >= 0.6 is 15.9 Å². The van der Waals surface area contributed by atoms with E-state index in [4.69, 9.17) is 0 Å². The summed E-state index contributed by atoms with van der Waals surface area (Å²) in [6.07, 6.45) is 0. The maximum atomic E-state index is 12.2. The molecule has 23 heavy (non-hydrogen) atoms. The highest BCUT2D eigenvalue weighted by molar-refractivity contribution is 9.10. The highest BCUT2D eigenvalue weighted by atomic mass is 79.9. The van der Waals surface area contributed by atoms with Gasteiger partial charge in [-0.05, 0) is 51.0 Å². The molecule has 0 fully saturated rings. The van der Waals surface area contributed by atoms with E-state index >= 15 is 0 Å². The molecule has 0 aliphatic heterocycles. The molecule has 3 amide bonds. The van der Waals surface area contributed by atoms with Crippen LogP contribution in [0.25, 0.3) is 10.8 Å². The van der Waals surface area contributed by atoms with Crippen LogP contribution in [-0.2, 0) is 0 Å². The first-order chi connectivity index (χ1) is 11.1. The summed E-state index contributed by atoms with van der Waals surface area (Å²) < 4.78 is 0.744. The number of anilines is 1. The molecular formula is C18H13BrN2O2. The largest absolute Gasteiger partial charge is 0.326 e. The van der Waals surface area contributed by atoms with Crippen LogP contribution in [0.5, 0.6) is 0 Å². The zero-order valence-corrected chi connectivity index (χ0v) is 13.6. The molecule has 4 nitrogen and oxygen atoms in total. The number of carbonyl (C=O) groups excluding carboxylic acids is 2. The number of benzene rings is 3. The molecule has 0 unspecified atom stereocenters. The van der Waals surface area contributed by atoms with Gasteiger partial charge in [0.25, 0.3) is 5.91 Å². The van der Waals surface area contributed by atoms with E-state index in [1.807, 2.05) is 36.4 Å². The van der Waals surface area contributed by atoms with Gasteiger partial charge in [-0.25, -0.2) is 4.79 Å². The Balaban J connectivity index is 1.72. The summed E-state index contributed by atoms with van der Waals surface area (Å²) in [4.78, 5) is 24.1. The van der Waals surface area contributed by atoms with Crippen LogP contribution in [0.3, 0.4) is 0 Å². The Labute approximate surface area is 141 Å². The Bertz CT molecular complexity index is 893. The predicted octanol–water partition coefficient (Wildman–Crippen LogP) is 4.56. The van der Waals surface area contributed by atoms with Gasteiger partial charge in [-0.3, -0.25) is 10.1 Å². The molecule has 0 radical (unpaired) electrons. The number of para-hydroxylation sites is 1. The van der Waals surface area contributed by atoms with Gasteiger partial charge in [0.15, 0.2) is 0 Å². The summed E-state index contributed by atoms with van der Waals surface area (Å²) >= 11 is 3.34. The van der Waals surface area contributed by atoms with Gasteiger partial charge in [0, 0.05) is 10.0 Å². The van der Waals surface area contributed by atoms with Gasteiger partial charge in [0.2, 0.25) is 0 Å². The summed E-state index contributed by atoms with van der Waals surface area (Å²) in [7, 11) is 0. The fourth-order valence-corrected chi connectivity index (χ4v) is 2.61. The van der Waals surface area contributed by atoms with E-state index in [9.17, 15) is 9.59 Å². The smallest absolute Gasteiger partial charge is 0.307 e. The molecule has 3 aromatic carbocycles. The quantitative estimate of drug-likeness (QED) is 0.696. The monoisotopic (exact) mass is 368 g/mol. The fourth-order valence-electron chi connectivity index (χ4n) is 2.22. The van der Waals surface area contributed by atoms with Crippen molar-refractivity contribution in [3.05, 3.63) is 76.8 Å². The molecule has 0 spiro atoms. The first kappa shape index (κ1) is 15.2. The Morgan fingerprint density at radius 1 is 0.826 bits per heavy atom. The van der Waals surface area contributed by atoms with Gasteiger partial charge in [-0.2, -0.15) is 0 Å². The molecule has 0 saturated carbocycles.